The third kappa shape index (κ3) is 3.31. The zero-order chi connectivity index (χ0) is 14.7. The first-order valence-corrected chi connectivity index (χ1v) is 6.37. The summed E-state index contributed by atoms with van der Waals surface area (Å²) in [5.74, 6) is -2.08. The lowest BCUT2D eigenvalue weighted by Crippen LogP contribution is -2.04. The number of nitriles is 1. The van der Waals surface area contributed by atoms with Crippen molar-refractivity contribution in [3.8, 4) is 6.07 Å². The Labute approximate surface area is 122 Å². The van der Waals surface area contributed by atoms with E-state index in [0.29, 0.717) is 5.56 Å². The van der Waals surface area contributed by atoms with Crippen molar-refractivity contribution < 1.29 is 13.2 Å². The second kappa shape index (κ2) is 5.97. The fourth-order valence-corrected chi connectivity index (χ4v) is 2.12. The van der Waals surface area contributed by atoms with Crippen molar-refractivity contribution in [3.63, 3.8) is 0 Å². The second-order valence-corrected chi connectivity index (χ2v) is 4.97. The van der Waals surface area contributed by atoms with Crippen LogP contribution in [0.2, 0.25) is 0 Å². The highest BCUT2D eigenvalue weighted by atomic mass is 79.9. The van der Waals surface area contributed by atoms with Crippen LogP contribution in [0.5, 0.6) is 0 Å². The van der Waals surface area contributed by atoms with E-state index in [0.717, 1.165) is 18.2 Å². The van der Waals surface area contributed by atoms with Crippen molar-refractivity contribution in [1.82, 2.24) is 0 Å². The summed E-state index contributed by atoms with van der Waals surface area (Å²) < 4.78 is 40.7. The standard InChI is InChI=1S/C14H8BrF3N2/c15-10-4-12(17)14(13(18)5-10)20-7-9-1-8(6-19)2-11(16)3-9/h1-5,20H,7H2. The molecular formula is C14H8BrF3N2. The molecule has 20 heavy (non-hydrogen) atoms. The average molecular weight is 341 g/mol. The molecule has 0 aromatic heterocycles. The van der Waals surface area contributed by atoms with Gasteiger partial charge in [0, 0.05) is 11.0 Å². The van der Waals surface area contributed by atoms with E-state index < -0.39 is 17.5 Å². The van der Waals surface area contributed by atoms with Crippen molar-refractivity contribution in [2.24, 2.45) is 0 Å². The van der Waals surface area contributed by atoms with Crippen LogP contribution in [-0.2, 0) is 6.54 Å². The van der Waals surface area contributed by atoms with Crippen LogP contribution >= 0.6 is 15.9 Å². The highest BCUT2D eigenvalue weighted by Gasteiger charge is 2.10. The molecule has 0 aliphatic heterocycles. The predicted molar refractivity (Wildman–Crippen MR) is 72.5 cm³/mol. The molecule has 1 N–H and O–H groups in total. The molecule has 2 aromatic rings. The number of hydrogen-bond donors (Lipinski definition) is 1. The van der Waals surface area contributed by atoms with Gasteiger partial charge in [-0.05, 0) is 35.9 Å². The number of anilines is 1. The first-order chi connectivity index (χ1) is 9.49. The maximum absolute atomic E-state index is 13.6. The first-order valence-electron chi connectivity index (χ1n) is 5.57. The molecule has 0 heterocycles. The van der Waals surface area contributed by atoms with Gasteiger partial charge in [-0.15, -0.1) is 0 Å². The molecule has 0 fully saturated rings. The molecule has 2 nitrogen and oxygen atoms in total. The summed E-state index contributed by atoms with van der Waals surface area (Å²) in [5.41, 5.74) is 0.276. The highest BCUT2D eigenvalue weighted by molar-refractivity contribution is 9.10. The molecule has 2 rings (SSSR count). The second-order valence-electron chi connectivity index (χ2n) is 4.06. The summed E-state index contributed by atoms with van der Waals surface area (Å²) in [6.07, 6.45) is 0. The van der Waals surface area contributed by atoms with Gasteiger partial charge in [0.25, 0.3) is 0 Å². The van der Waals surface area contributed by atoms with Crippen LogP contribution in [0.15, 0.2) is 34.8 Å². The van der Waals surface area contributed by atoms with Crippen LogP contribution in [0.25, 0.3) is 0 Å². The third-order valence-electron chi connectivity index (χ3n) is 2.56. The van der Waals surface area contributed by atoms with E-state index >= 15 is 0 Å². The fraction of sp³-hybridized carbons (Fsp3) is 0.0714. The van der Waals surface area contributed by atoms with Gasteiger partial charge >= 0.3 is 0 Å². The molecule has 6 heteroatoms. The van der Waals surface area contributed by atoms with Gasteiger partial charge in [0.05, 0.1) is 11.6 Å². The van der Waals surface area contributed by atoms with Crippen LogP contribution < -0.4 is 5.32 Å². The van der Waals surface area contributed by atoms with Crippen LogP contribution in [-0.4, -0.2) is 0 Å². The van der Waals surface area contributed by atoms with Gasteiger partial charge in [-0.1, -0.05) is 15.9 Å². The number of halogens is 4. The Bertz CT molecular complexity index is 672. The molecule has 0 saturated heterocycles. The molecule has 0 bridgehead atoms. The summed E-state index contributed by atoms with van der Waals surface area (Å²) >= 11 is 2.98. The van der Waals surface area contributed by atoms with Gasteiger partial charge in [-0.25, -0.2) is 13.2 Å². The fourth-order valence-electron chi connectivity index (χ4n) is 1.72. The maximum atomic E-state index is 13.6. The molecule has 0 aliphatic carbocycles. The van der Waals surface area contributed by atoms with Crippen LogP contribution in [0.4, 0.5) is 18.9 Å². The van der Waals surface area contributed by atoms with E-state index in [1.54, 1.807) is 0 Å². The summed E-state index contributed by atoms with van der Waals surface area (Å²) in [6.45, 7) is 0.00190. The van der Waals surface area contributed by atoms with Gasteiger partial charge in [-0.2, -0.15) is 5.26 Å². The van der Waals surface area contributed by atoms with Gasteiger partial charge in [0.15, 0.2) is 0 Å². The number of nitrogens with one attached hydrogen (secondary N) is 1. The molecular weight excluding hydrogens is 333 g/mol. The Kier molecular flexibility index (Phi) is 4.30. The smallest absolute Gasteiger partial charge is 0.150 e. The minimum Gasteiger partial charge on any atom is -0.376 e. The van der Waals surface area contributed by atoms with E-state index in [9.17, 15) is 13.2 Å². The first kappa shape index (κ1) is 14.4. The molecule has 0 saturated carbocycles. The van der Waals surface area contributed by atoms with Crippen molar-refractivity contribution in [3.05, 3.63) is 63.4 Å². The molecule has 0 spiro atoms. The van der Waals surface area contributed by atoms with Crippen LogP contribution in [0.3, 0.4) is 0 Å². The monoisotopic (exact) mass is 340 g/mol. The largest absolute Gasteiger partial charge is 0.376 e. The Morgan fingerprint density at radius 1 is 1.05 bits per heavy atom. The minimum atomic E-state index is -0.756. The topological polar surface area (TPSA) is 35.8 Å². The molecule has 0 aliphatic rings. The number of nitrogens with zero attached hydrogens (tertiary/aromatic N) is 1. The molecule has 0 amide bonds. The van der Waals surface area contributed by atoms with Gasteiger partial charge in [0.1, 0.15) is 23.1 Å². The van der Waals surface area contributed by atoms with E-state index in [1.165, 1.54) is 12.1 Å². The van der Waals surface area contributed by atoms with Crippen molar-refractivity contribution >= 4 is 21.6 Å². The highest BCUT2D eigenvalue weighted by Crippen LogP contribution is 2.24. The van der Waals surface area contributed by atoms with Gasteiger partial charge in [0.2, 0.25) is 0 Å². The zero-order valence-corrected chi connectivity index (χ0v) is 11.6. The van der Waals surface area contributed by atoms with Crippen LogP contribution in [0, 0.1) is 28.8 Å². The SMILES string of the molecule is N#Cc1cc(F)cc(CNc2c(F)cc(Br)cc2F)c1. The van der Waals surface area contributed by atoms with Crippen molar-refractivity contribution in [2.75, 3.05) is 5.32 Å². The summed E-state index contributed by atoms with van der Waals surface area (Å²) in [4.78, 5) is 0. The maximum Gasteiger partial charge on any atom is 0.150 e. The molecule has 0 radical (unpaired) electrons. The lowest BCUT2D eigenvalue weighted by Gasteiger charge is -2.09. The van der Waals surface area contributed by atoms with Crippen molar-refractivity contribution in [1.29, 1.82) is 5.26 Å². The Balaban J connectivity index is 2.21. The summed E-state index contributed by atoms with van der Waals surface area (Å²) in [5, 5.41) is 11.3. The summed E-state index contributed by atoms with van der Waals surface area (Å²) in [6, 6.07) is 7.79. The van der Waals surface area contributed by atoms with Crippen molar-refractivity contribution in [2.45, 2.75) is 6.54 Å². The third-order valence-corrected chi connectivity index (χ3v) is 3.02. The Hall–Kier alpha value is -2.00. The Morgan fingerprint density at radius 3 is 2.30 bits per heavy atom. The number of hydrogen-bond acceptors (Lipinski definition) is 2. The molecule has 0 atom stereocenters. The van der Waals surface area contributed by atoms with E-state index in [1.807, 2.05) is 6.07 Å². The average Bonchev–Trinajstić information content (AvgIpc) is 2.36. The van der Waals surface area contributed by atoms with Crippen LogP contribution in [0.1, 0.15) is 11.1 Å². The number of benzene rings is 2. The lowest BCUT2D eigenvalue weighted by molar-refractivity contribution is 0.586. The van der Waals surface area contributed by atoms with Gasteiger partial charge in [-0.3, -0.25) is 0 Å². The molecule has 2 aromatic carbocycles. The summed E-state index contributed by atoms with van der Waals surface area (Å²) in [7, 11) is 0. The van der Waals surface area contributed by atoms with E-state index in [4.69, 9.17) is 5.26 Å². The quantitative estimate of drug-likeness (QED) is 0.901. The molecule has 102 valence electrons. The molecule has 0 unspecified atom stereocenters. The normalized spacial score (nSPS) is 10.2. The van der Waals surface area contributed by atoms with E-state index in [-0.39, 0.29) is 22.3 Å². The minimum absolute atomic E-state index is 0.00190. The lowest BCUT2D eigenvalue weighted by atomic mass is 10.1. The predicted octanol–water partition coefficient (Wildman–Crippen LogP) is 4.35. The van der Waals surface area contributed by atoms with E-state index in [2.05, 4.69) is 21.2 Å². The zero-order valence-electron chi connectivity index (χ0n) is 10.1. The number of rotatable bonds is 3. The van der Waals surface area contributed by atoms with Gasteiger partial charge < -0.3 is 5.32 Å². The Morgan fingerprint density at radius 2 is 1.70 bits per heavy atom.